The minimum Gasteiger partial charge on any atom is -0.465 e. The largest absolute Gasteiger partial charge is 0.465 e. The zero-order valence-electron chi connectivity index (χ0n) is 18.3. The summed E-state index contributed by atoms with van der Waals surface area (Å²) in [7, 11) is 7.82. The van der Waals surface area contributed by atoms with E-state index in [1.54, 1.807) is 38.0 Å². The van der Waals surface area contributed by atoms with Gasteiger partial charge in [-0.2, -0.15) is 0 Å². The molecule has 0 atom stereocenters. The van der Waals surface area contributed by atoms with Crippen LogP contribution in [0.1, 0.15) is 21.5 Å². The smallest absolute Gasteiger partial charge is 0.338 e. The lowest BCUT2D eigenvalue weighted by molar-refractivity contribution is -0.393. The number of nitro benzene ring substituents is 3. The molecule has 0 fully saturated rings. The average Bonchev–Trinajstić information content (AvgIpc) is 3.05. The molecular weight excluding hydrogens is 438 g/mol. The molecule has 0 amide bonds. The molecule has 0 saturated carbocycles. The van der Waals surface area contributed by atoms with Gasteiger partial charge in [0.05, 0.1) is 39.1 Å². The van der Waals surface area contributed by atoms with Gasteiger partial charge in [-0.15, -0.1) is 0 Å². The van der Waals surface area contributed by atoms with Crippen LogP contribution in [0.5, 0.6) is 0 Å². The molecule has 0 unspecified atom stereocenters. The molecule has 0 spiro atoms. The van der Waals surface area contributed by atoms with Crippen LogP contribution in [0.2, 0.25) is 0 Å². The molecular formula is C20H19N5O8. The van der Waals surface area contributed by atoms with Gasteiger partial charge in [0.2, 0.25) is 0 Å². The molecule has 0 radical (unpaired) electrons. The number of rotatable bonds is 6. The van der Waals surface area contributed by atoms with Crippen LogP contribution in [-0.4, -0.2) is 65.8 Å². The minimum absolute atomic E-state index is 0.0419. The van der Waals surface area contributed by atoms with Crippen molar-refractivity contribution in [2.45, 2.75) is 0 Å². The molecule has 0 saturated heterocycles. The highest BCUT2D eigenvalue weighted by atomic mass is 16.6. The molecule has 0 aromatic heterocycles. The zero-order chi connectivity index (χ0) is 24.8. The summed E-state index contributed by atoms with van der Waals surface area (Å²) in [6, 6.07) is 4.14. The van der Waals surface area contributed by atoms with Gasteiger partial charge >= 0.3 is 5.97 Å². The first-order chi connectivity index (χ1) is 15.4. The fourth-order valence-electron chi connectivity index (χ4n) is 4.02. The van der Waals surface area contributed by atoms with Crippen molar-refractivity contribution in [2.24, 2.45) is 0 Å². The molecule has 13 nitrogen and oxygen atoms in total. The van der Waals surface area contributed by atoms with Crippen LogP contribution in [0.3, 0.4) is 0 Å². The number of methoxy groups -OCH3 is 1. The molecule has 0 heterocycles. The number of hydrogen-bond donors (Lipinski definition) is 0. The summed E-state index contributed by atoms with van der Waals surface area (Å²) >= 11 is 0. The summed E-state index contributed by atoms with van der Waals surface area (Å²) in [5, 5.41) is 35.1. The number of fused-ring (bicyclic) bond motifs is 3. The van der Waals surface area contributed by atoms with Gasteiger partial charge in [-0.1, -0.05) is 0 Å². The van der Waals surface area contributed by atoms with Crippen molar-refractivity contribution in [3.05, 3.63) is 77.1 Å². The van der Waals surface area contributed by atoms with Gasteiger partial charge in [0.1, 0.15) is 5.82 Å². The molecule has 2 aromatic carbocycles. The predicted octanol–water partition coefficient (Wildman–Crippen LogP) is 3.02. The first kappa shape index (κ1) is 23.1. The van der Waals surface area contributed by atoms with Crippen molar-refractivity contribution in [1.29, 1.82) is 0 Å². The fraction of sp³-hybridized carbons (Fsp3) is 0.250. The number of non-ortho nitro benzene ring substituents is 2. The number of ether oxygens (including phenoxy) is 1. The van der Waals surface area contributed by atoms with E-state index in [1.807, 2.05) is 0 Å². The molecule has 172 valence electrons. The fourth-order valence-corrected chi connectivity index (χ4v) is 4.02. The lowest BCUT2D eigenvalue weighted by Gasteiger charge is -2.27. The number of carbonyl (C=O) groups is 1. The maximum absolute atomic E-state index is 12.6. The van der Waals surface area contributed by atoms with Crippen LogP contribution in [0, 0.1) is 30.3 Å². The third-order valence-electron chi connectivity index (χ3n) is 5.11. The molecule has 33 heavy (non-hydrogen) atoms. The van der Waals surface area contributed by atoms with Gasteiger partial charge in [-0.3, -0.25) is 30.3 Å². The predicted molar refractivity (Wildman–Crippen MR) is 117 cm³/mol. The number of nitro groups is 3. The molecule has 1 aliphatic carbocycles. The van der Waals surface area contributed by atoms with Crippen molar-refractivity contribution in [3.63, 3.8) is 0 Å². The van der Waals surface area contributed by atoms with Crippen LogP contribution >= 0.6 is 0 Å². The number of esters is 1. The van der Waals surface area contributed by atoms with Crippen molar-refractivity contribution < 1.29 is 24.3 Å². The molecule has 13 heteroatoms. The Kier molecular flexibility index (Phi) is 5.73. The Morgan fingerprint density at radius 3 is 1.70 bits per heavy atom. The van der Waals surface area contributed by atoms with Gasteiger partial charge < -0.3 is 14.5 Å². The Bertz CT molecular complexity index is 1260. The number of carbonyl (C=O) groups excluding carboxylic acids is 1. The number of benzene rings is 2. The van der Waals surface area contributed by atoms with E-state index in [9.17, 15) is 35.1 Å². The summed E-state index contributed by atoms with van der Waals surface area (Å²) in [5.74, 6) is -0.479. The van der Waals surface area contributed by atoms with Crippen molar-refractivity contribution in [1.82, 2.24) is 9.80 Å². The highest BCUT2D eigenvalue weighted by Crippen LogP contribution is 2.53. The second-order valence-corrected chi connectivity index (χ2v) is 7.55. The Hall–Kier alpha value is -4.55. The third-order valence-corrected chi connectivity index (χ3v) is 5.11. The maximum Gasteiger partial charge on any atom is 0.338 e. The third kappa shape index (κ3) is 3.69. The first-order valence-electron chi connectivity index (χ1n) is 9.38. The molecule has 0 bridgehead atoms. The van der Waals surface area contributed by atoms with E-state index in [0.29, 0.717) is 5.82 Å². The normalized spacial score (nSPS) is 11.4. The van der Waals surface area contributed by atoms with Crippen LogP contribution < -0.4 is 0 Å². The monoisotopic (exact) mass is 457 g/mol. The summed E-state index contributed by atoms with van der Waals surface area (Å²) in [4.78, 5) is 48.8. The van der Waals surface area contributed by atoms with Gasteiger partial charge in [0.15, 0.2) is 0 Å². The van der Waals surface area contributed by atoms with Crippen LogP contribution in [0.15, 0.2) is 30.1 Å². The van der Waals surface area contributed by atoms with Gasteiger partial charge in [0, 0.05) is 68.7 Å². The lowest BCUT2D eigenvalue weighted by atomic mass is 9.97. The second kappa shape index (κ2) is 8.18. The highest BCUT2D eigenvalue weighted by molar-refractivity contribution is 6.12. The van der Waals surface area contributed by atoms with Crippen molar-refractivity contribution >= 4 is 28.6 Å². The van der Waals surface area contributed by atoms with Gasteiger partial charge in [0.25, 0.3) is 17.1 Å². The summed E-state index contributed by atoms with van der Waals surface area (Å²) in [6.45, 7) is 0. The standard InChI is InChI=1S/C20H19N5O8/c1-21(2)19(22(3)4)17-12-6-10(23(27)28)8-14(20(26)33-5)16(12)18-13(17)7-11(24(29)30)9-15(18)25(31)32/h6-9H,1-5H3. The SMILES string of the molecule is COC(=O)c1cc([N+](=O)[O-])cc2c1-c1c(cc([N+](=O)[O-])cc1[N+](=O)[O-])C2=C(N(C)C)N(C)C. The minimum atomic E-state index is -0.939. The van der Waals surface area contributed by atoms with E-state index in [0.717, 1.165) is 25.3 Å². The Balaban J connectivity index is 2.68. The van der Waals surface area contributed by atoms with Crippen LogP contribution in [0.25, 0.3) is 16.7 Å². The van der Waals surface area contributed by atoms with Crippen molar-refractivity contribution in [3.8, 4) is 11.1 Å². The molecule has 0 aliphatic heterocycles. The Morgan fingerprint density at radius 1 is 0.788 bits per heavy atom. The topological polar surface area (TPSA) is 162 Å². The molecule has 0 N–H and O–H groups in total. The number of hydrogen-bond acceptors (Lipinski definition) is 10. The van der Waals surface area contributed by atoms with E-state index in [-0.39, 0.29) is 33.4 Å². The van der Waals surface area contributed by atoms with Crippen LogP contribution in [0.4, 0.5) is 17.1 Å². The van der Waals surface area contributed by atoms with Crippen molar-refractivity contribution in [2.75, 3.05) is 35.3 Å². The number of nitrogens with zero attached hydrogens (tertiary/aromatic N) is 5. The molecule has 1 aliphatic rings. The Labute approximate surface area is 186 Å². The van der Waals surface area contributed by atoms with E-state index in [4.69, 9.17) is 4.74 Å². The quantitative estimate of drug-likeness (QED) is 0.305. The van der Waals surface area contributed by atoms with Gasteiger partial charge in [-0.25, -0.2) is 4.79 Å². The Morgan fingerprint density at radius 2 is 1.27 bits per heavy atom. The maximum atomic E-state index is 12.6. The highest BCUT2D eigenvalue weighted by Gasteiger charge is 2.40. The summed E-state index contributed by atoms with van der Waals surface area (Å²) in [6.07, 6.45) is 0. The summed E-state index contributed by atoms with van der Waals surface area (Å²) < 4.78 is 4.79. The van der Waals surface area contributed by atoms with E-state index in [2.05, 4.69) is 0 Å². The zero-order valence-corrected chi connectivity index (χ0v) is 18.3. The van der Waals surface area contributed by atoms with Crippen LogP contribution in [-0.2, 0) is 4.74 Å². The second-order valence-electron chi connectivity index (χ2n) is 7.55. The van der Waals surface area contributed by atoms with E-state index < -0.39 is 37.8 Å². The van der Waals surface area contributed by atoms with E-state index >= 15 is 0 Å². The van der Waals surface area contributed by atoms with E-state index in [1.165, 1.54) is 6.07 Å². The lowest BCUT2D eigenvalue weighted by Crippen LogP contribution is -2.26. The summed E-state index contributed by atoms with van der Waals surface area (Å²) in [5.41, 5.74) is -1.30. The average molecular weight is 457 g/mol. The molecule has 2 aromatic rings. The first-order valence-corrected chi connectivity index (χ1v) is 9.38. The van der Waals surface area contributed by atoms with Gasteiger partial charge in [-0.05, 0) is 0 Å². The molecule has 3 rings (SSSR count).